The molecular weight excluding hydrogens is 480 g/mol. The van der Waals surface area contributed by atoms with Gasteiger partial charge in [-0.1, -0.05) is 83.4 Å². The lowest BCUT2D eigenvalue weighted by Crippen LogP contribution is -2.36. The Balaban J connectivity index is 1.50. The third-order valence-electron chi connectivity index (χ3n) is 7.82. The van der Waals surface area contributed by atoms with Crippen molar-refractivity contribution in [3.05, 3.63) is 53.6 Å². The maximum Gasteiger partial charge on any atom is 0.119 e. The van der Waals surface area contributed by atoms with E-state index in [0.29, 0.717) is 5.92 Å². The molecule has 1 aliphatic heterocycles. The predicted molar refractivity (Wildman–Crippen MR) is 161 cm³/mol. The maximum atomic E-state index is 5.53. The Morgan fingerprint density at radius 1 is 0.806 bits per heavy atom. The van der Waals surface area contributed by atoms with E-state index in [0.717, 1.165) is 17.3 Å². The van der Waals surface area contributed by atoms with E-state index in [1.807, 2.05) is 11.8 Å². The highest BCUT2D eigenvalue weighted by atomic mass is 32.2. The first kappa shape index (κ1) is 29.3. The van der Waals surface area contributed by atoms with Crippen LogP contribution in [0.1, 0.15) is 102 Å². The number of rotatable bonds is 17. The molecule has 4 heteroatoms. The molecule has 0 amide bonds. The Morgan fingerprint density at radius 2 is 1.42 bits per heavy atom. The van der Waals surface area contributed by atoms with E-state index in [1.54, 1.807) is 14.2 Å². The molecule has 0 aliphatic carbocycles. The number of thioether (sulfide) groups is 2. The second-order valence-corrected chi connectivity index (χ2v) is 12.7. The molecule has 2 aromatic carbocycles. The van der Waals surface area contributed by atoms with Gasteiger partial charge >= 0.3 is 0 Å². The number of unbranched alkanes of at least 4 members (excludes halogenated alkanes) is 8. The molecular formula is C32H48O2S2. The summed E-state index contributed by atoms with van der Waals surface area (Å²) in [5, 5.41) is 0. The Kier molecular flexibility index (Phi) is 12.9. The molecule has 2 aromatic rings. The van der Waals surface area contributed by atoms with E-state index < -0.39 is 0 Å². The van der Waals surface area contributed by atoms with E-state index in [4.69, 9.17) is 9.47 Å². The minimum Gasteiger partial charge on any atom is -0.497 e. The Labute approximate surface area is 229 Å². The Morgan fingerprint density at radius 3 is 2.08 bits per heavy atom. The molecule has 0 spiro atoms. The summed E-state index contributed by atoms with van der Waals surface area (Å²) in [6.07, 6.45) is 15.0. The molecule has 2 unspecified atom stereocenters. The molecule has 2 atom stereocenters. The second kappa shape index (κ2) is 15.9. The second-order valence-electron chi connectivity index (χ2n) is 10.5. The highest BCUT2D eigenvalue weighted by Gasteiger charge is 2.41. The SMILES string of the molecule is CCCCCSCCCCCCCCCC1c2ccc(OC)cc2SCC1(C)c1ccc(OC)cc1. The quantitative estimate of drug-likeness (QED) is 0.190. The fourth-order valence-corrected chi connectivity index (χ4v) is 7.87. The van der Waals surface area contributed by atoms with Crippen molar-refractivity contribution in [2.75, 3.05) is 31.5 Å². The molecule has 36 heavy (non-hydrogen) atoms. The Hall–Kier alpha value is -1.26. The van der Waals surface area contributed by atoms with Crippen molar-refractivity contribution in [3.63, 3.8) is 0 Å². The van der Waals surface area contributed by atoms with Crippen LogP contribution in [0, 0.1) is 0 Å². The van der Waals surface area contributed by atoms with E-state index in [1.165, 1.54) is 98.2 Å². The third kappa shape index (κ3) is 8.38. The van der Waals surface area contributed by atoms with Crippen molar-refractivity contribution < 1.29 is 9.47 Å². The normalized spacial score (nSPS) is 19.2. The van der Waals surface area contributed by atoms with Crippen molar-refractivity contribution in [1.82, 2.24) is 0 Å². The minimum absolute atomic E-state index is 0.118. The predicted octanol–water partition coefficient (Wildman–Crippen LogP) is 9.90. The molecule has 0 saturated carbocycles. The summed E-state index contributed by atoms with van der Waals surface area (Å²) in [7, 11) is 3.51. The van der Waals surface area contributed by atoms with Crippen LogP contribution in [0.25, 0.3) is 0 Å². The summed E-state index contributed by atoms with van der Waals surface area (Å²) in [6, 6.07) is 15.5. The molecule has 1 heterocycles. The first-order chi connectivity index (χ1) is 17.6. The molecule has 0 radical (unpaired) electrons. The lowest BCUT2D eigenvalue weighted by Gasteiger charge is -2.43. The van der Waals surface area contributed by atoms with Gasteiger partial charge in [0, 0.05) is 16.1 Å². The van der Waals surface area contributed by atoms with Gasteiger partial charge in [-0.05, 0) is 72.1 Å². The van der Waals surface area contributed by atoms with Crippen molar-refractivity contribution in [2.24, 2.45) is 0 Å². The van der Waals surface area contributed by atoms with Crippen LogP contribution in [-0.4, -0.2) is 31.5 Å². The summed E-state index contributed by atoms with van der Waals surface area (Å²) in [5.41, 5.74) is 3.05. The summed E-state index contributed by atoms with van der Waals surface area (Å²) in [6.45, 7) is 4.76. The minimum atomic E-state index is 0.118. The average Bonchev–Trinajstić information content (AvgIpc) is 2.92. The molecule has 200 valence electrons. The highest BCUT2D eigenvalue weighted by molar-refractivity contribution is 7.99. The molecule has 0 bridgehead atoms. The number of fused-ring (bicyclic) bond motifs is 1. The number of ether oxygens (including phenoxy) is 2. The van der Waals surface area contributed by atoms with Gasteiger partial charge in [-0.3, -0.25) is 0 Å². The average molecular weight is 529 g/mol. The zero-order valence-electron chi connectivity index (χ0n) is 23.2. The van der Waals surface area contributed by atoms with Gasteiger partial charge in [0.25, 0.3) is 0 Å². The molecule has 1 aliphatic rings. The van der Waals surface area contributed by atoms with Gasteiger partial charge in [-0.2, -0.15) is 11.8 Å². The molecule has 3 rings (SSSR count). The number of benzene rings is 2. The summed E-state index contributed by atoms with van der Waals surface area (Å²) >= 11 is 4.14. The lowest BCUT2D eigenvalue weighted by atomic mass is 9.68. The molecule has 0 N–H and O–H groups in total. The molecule has 0 saturated heterocycles. The van der Waals surface area contributed by atoms with Crippen molar-refractivity contribution in [1.29, 1.82) is 0 Å². The van der Waals surface area contributed by atoms with Crippen molar-refractivity contribution >= 4 is 23.5 Å². The van der Waals surface area contributed by atoms with Crippen LogP contribution in [0.2, 0.25) is 0 Å². The number of hydrogen-bond donors (Lipinski definition) is 0. The van der Waals surface area contributed by atoms with Crippen LogP contribution >= 0.6 is 23.5 Å². The van der Waals surface area contributed by atoms with Crippen LogP contribution in [0.4, 0.5) is 0 Å². The summed E-state index contributed by atoms with van der Waals surface area (Å²) in [4.78, 5) is 1.40. The van der Waals surface area contributed by atoms with Gasteiger partial charge < -0.3 is 9.47 Å². The van der Waals surface area contributed by atoms with Crippen LogP contribution in [0.5, 0.6) is 11.5 Å². The van der Waals surface area contributed by atoms with Crippen LogP contribution < -0.4 is 9.47 Å². The fourth-order valence-electron chi connectivity index (χ4n) is 5.45. The fraction of sp³-hybridized carbons (Fsp3) is 0.625. The van der Waals surface area contributed by atoms with Crippen LogP contribution in [-0.2, 0) is 5.41 Å². The Bertz CT molecular complexity index is 882. The van der Waals surface area contributed by atoms with Crippen molar-refractivity contribution in [3.8, 4) is 11.5 Å². The van der Waals surface area contributed by atoms with E-state index >= 15 is 0 Å². The number of methoxy groups -OCH3 is 2. The summed E-state index contributed by atoms with van der Waals surface area (Å²) < 4.78 is 11.0. The van der Waals surface area contributed by atoms with E-state index in [-0.39, 0.29) is 5.41 Å². The first-order valence-electron chi connectivity index (χ1n) is 14.2. The number of hydrogen-bond acceptors (Lipinski definition) is 4. The zero-order valence-corrected chi connectivity index (χ0v) is 24.8. The van der Waals surface area contributed by atoms with Gasteiger partial charge in [-0.15, -0.1) is 11.8 Å². The van der Waals surface area contributed by atoms with Gasteiger partial charge in [0.05, 0.1) is 14.2 Å². The smallest absolute Gasteiger partial charge is 0.119 e. The monoisotopic (exact) mass is 528 g/mol. The van der Waals surface area contributed by atoms with Gasteiger partial charge in [0.2, 0.25) is 0 Å². The van der Waals surface area contributed by atoms with Gasteiger partial charge in [0.1, 0.15) is 11.5 Å². The zero-order chi connectivity index (χ0) is 25.6. The van der Waals surface area contributed by atoms with Crippen molar-refractivity contribution in [2.45, 2.75) is 101 Å². The molecule has 2 nitrogen and oxygen atoms in total. The largest absolute Gasteiger partial charge is 0.497 e. The van der Waals surface area contributed by atoms with Gasteiger partial charge in [0.15, 0.2) is 0 Å². The lowest BCUT2D eigenvalue weighted by molar-refractivity contribution is 0.369. The van der Waals surface area contributed by atoms with E-state index in [9.17, 15) is 0 Å². The van der Waals surface area contributed by atoms with Gasteiger partial charge in [-0.25, -0.2) is 0 Å². The first-order valence-corrected chi connectivity index (χ1v) is 16.3. The highest BCUT2D eigenvalue weighted by Crippen LogP contribution is 2.52. The van der Waals surface area contributed by atoms with E-state index in [2.05, 4.69) is 68.1 Å². The maximum absolute atomic E-state index is 5.53. The molecule has 0 fully saturated rings. The molecule has 0 aromatic heterocycles. The summed E-state index contributed by atoms with van der Waals surface area (Å²) in [5.74, 6) is 6.24. The van der Waals surface area contributed by atoms with Crippen LogP contribution in [0.15, 0.2) is 47.4 Å². The third-order valence-corrected chi connectivity index (χ3v) is 10.4. The van der Waals surface area contributed by atoms with Crippen LogP contribution in [0.3, 0.4) is 0 Å². The standard InChI is InChI=1S/C32H48O2S2/c1-5-6-13-22-35-23-14-11-9-7-8-10-12-15-30-29-21-20-28(34-4)24-31(29)36-25-32(30,2)26-16-18-27(33-3)19-17-26/h16-21,24,30H,5-15,22-23,25H2,1-4H3. The topological polar surface area (TPSA) is 18.5 Å².